The molecule has 1 N–H and O–H groups in total. The first-order chi connectivity index (χ1) is 11.0. The third kappa shape index (κ3) is 6.22. The van der Waals surface area contributed by atoms with Gasteiger partial charge in [-0.15, -0.1) is 0 Å². The maximum atomic E-state index is 12.4. The summed E-state index contributed by atoms with van der Waals surface area (Å²) in [4.78, 5) is 14.3. The van der Waals surface area contributed by atoms with Crippen molar-refractivity contribution in [3.63, 3.8) is 0 Å². The highest BCUT2D eigenvalue weighted by Gasteiger charge is 2.29. The Balaban J connectivity index is 1.78. The fourth-order valence-corrected chi connectivity index (χ4v) is 2.92. The zero-order valence-corrected chi connectivity index (χ0v) is 14.7. The number of rotatable bonds is 5. The Morgan fingerprint density at radius 2 is 2.00 bits per heavy atom. The fourth-order valence-electron chi connectivity index (χ4n) is 2.92. The van der Waals surface area contributed by atoms with Crippen LogP contribution in [-0.2, 0) is 11.2 Å². The minimum atomic E-state index is -0.431. The maximum Gasteiger partial charge on any atom is 0.410 e. The van der Waals surface area contributed by atoms with E-state index in [2.05, 4.69) is 29.6 Å². The van der Waals surface area contributed by atoms with E-state index in [9.17, 15) is 4.79 Å². The van der Waals surface area contributed by atoms with Crippen molar-refractivity contribution < 1.29 is 9.53 Å². The van der Waals surface area contributed by atoms with Crippen LogP contribution in [0.15, 0.2) is 30.3 Å². The van der Waals surface area contributed by atoms with Crippen LogP contribution < -0.4 is 5.32 Å². The van der Waals surface area contributed by atoms with Crippen LogP contribution >= 0.6 is 0 Å². The topological polar surface area (TPSA) is 41.6 Å². The molecule has 0 aromatic heterocycles. The SMILES string of the molecule is CC(C)(C)OC(=O)N1CCCCC1CNCCc1ccccc1. The van der Waals surface area contributed by atoms with Gasteiger partial charge in [0.2, 0.25) is 0 Å². The lowest BCUT2D eigenvalue weighted by molar-refractivity contribution is 0.00999. The van der Waals surface area contributed by atoms with Crippen LogP contribution in [0.25, 0.3) is 0 Å². The predicted octanol–water partition coefficient (Wildman–Crippen LogP) is 3.61. The lowest BCUT2D eigenvalue weighted by Crippen LogP contribution is -2.50. The molecule has 0 aliphatic carbocycles. The molecule has 0 radical (unpaired) electrons. The van der Waals surface area contributed by atoms with Gasteiger partial charge in [0.15, 0.2) is 0 Å². The van der Waals surface area contributed by atoms with Crippen molar-refractivity contribution in [1.82, 2.24) is 10.2 Å². The molecule has 1 aromatic carbocycles. The van der Waals surface area contributed by atoms with E-state index >= 15 is 0 Å². The minimum absolute atomic E-state index is 0.174. The molecule has 4 nitrogen and oxygen atoms in total. The molecule has 0 spiro atoms. The minimum Gasteiger partial charge on any atom is -0.444 e. The van der Waals surface area contributed by atoms with E-state index in [4.69, 9.17) is 4.74 Å². The van der Waals surface area contributed by atoms with Gasteiger partial charge in [-0.1, -0.05) is 30.3 Å². The largest absolute Gasteiger partial charge is 0.444 e. The van der Waals surface area contributed by atoms with Gasteiger partial charge >= 0.3 is 6.09 Å². The number of hydrogen-bond donors (Lipinski definition) is 1. The summed E-state index contributed by atoms with van der Waals surface area (Å²) in [7, 11) is 0. The molecule has 1 aliphatic heterocycles. The second kappa shape index (κ2) is 8.34. The van der Waals surface area contributed by atoms with Gasteiger partial charge in [0.25, 0.3) is 0 Å². The standard InChI is InChI=1S/C19H30N2O2/c1-19(2,3)23-18(22)21-14-8-7-11-17(21)15-20-13-12-16-9-5-4-6-10-16/h4-6,9-10,17,20H,7-8,11-15H2,1-3H3. The second-order valence-electron chi connectivity index (χ2n) is 7.26. The van der Waals surface area contributed by atoms with E-state index in [1.165, 1.54) is 12.0 Å². The van der Waals surface area contributed by atoms with E-state index in [0.717, 1.165) is 38.9 Å². The number of piperidine rings is 1. The van der Waals surface area contributed by atoms with Crippen molar-refractivity contribution in [3.8, 4) is 0 Å². The van der Waals surface area contributed by atoms with E-state index in [1.807, 2.05) is 31.7 Å². The Labute approximate surface area is 140 Å². The normalized spacial score (nSPS) is 18.7. The number of likely N-dealkylation sites (tertiary alicyclic amines) is 1. The first-order valence-electron chi connectivity index (χ1n) is 8.70. The second-order valence-corrected chi connectivity index (χ2v) is 7.26. The van der Waals surface area contributed by atoms with Gasteiger partial charge in [-0.2, -0.15) is 0 Å². The first-order valence-corrected chi connectivity index (χ1v) is 8.70. The molecule has 1 aliphatic rings. The molecule has 4 heteroatoms. The molecule has 128 valence electrons. The molecule has 0 saturated carbocycles. The fraction of sp³-hybridized carbons (Fsp3) is 0.632. The third-order valence-electron chi connectivity index (χ3n) is 4.07. The summed E-state index contributed by atoms with van der Waals surface area (Å²) in [5.41, 5.74) is 0.910. The molecule has 1 atom stereocenters. The molecule has 2 rings (SSSR count). The Morgan fingerprint density at radius 3 is 2.70 bits per heavy atom. The van der Waals surface area contributed by atoms with Crippen molar-refractivity contribution in [3.05, 3.63) is 35.9 Å². The molecule has 1 heterocycles. The number of nitrogens with one attached hydrogen (secondary N) is 1. The van der Waals surface area contributed by atoms with Gasteiger partial charge in [-0.25, -0.2) is 4.79 Å². The predicted molar refractivity (Wildman–Crippen MR) is 93.6 cm³/mol. The van der Waals surface area contributed by atoms with Gasteiger partial charge in [0.05, 0.1) is 0 Å². The Morgan fingerprint density at radius 1 is 1.26 bits per heavy atom. The highest BCUT2D eigenvalue weighted by Crippen LogP contribution is 2.20. The molecule has 1 amide bonds. The van der Waals surface area contributed by atoms with Gasteiger partial charge in [-0.05, 0) is 58.6 Å². The van der Waals surface area contributed by atoms with Gasteiger partial charge in [0.1, 0.15) is 5.60 Å². The Kier molecular flexibility index (Phi) is 6.46. The smallest absolute Gasteiger partial charge is 0.410 e. The molecule has 0 bridgehead atoms. The third-order valence-corrected chi connectivity index (χ3v) is 4.07. The van der Waals surface area contributed by atoms with Crippen molar-refractivity contribution in [2.24, 2.45) is 0 Å². The molecule has 1 fully saturated rings. The Bertz CT molecular complexity index is 482. The number of benzene rings is 1. The molecular weight excluding hydrogens is 288 g/mol. The Hall–Kier alpha value is -1.55. The van der Waals surface area contributed by atoms with Gasteiger partial charge in [0, 0.05) is 19.1 Å². The van der Waals surface area contributed by atoms with Crippen LogP contribution in [-0.4, -0.2) is 42.3 Å². The molecule has 1 aromatic rings. The zero-order chi connectivity index (χ0) is 16.7. The summed E-state index contributed by atoms with van der Waals surface area (Å²) in [6.45, 7) is 8.33. The number of ether oxygens (including phenoxy) is 1. The van der Waals surface area contributed by atoms with Crippen LogP contribution in [0.5, 0.6) is 0 Å². The summed E-state index contributed by atoms with van der Waals surface area (Å²) < 4.78 is 5.54. The van der Waals surface area contributed by atoms with Crippen LogP contribution in [0, 0.1) is 0 Å². The average Bonchev–Trinajstić information content (AvgIpc) is 2.51. The number of carbonyl (C=O) groups excluding carboxylic acids is 1. The quantitative estimate of drug-likeness (QED) is 0.843. The van der Waals surface area contributed by atoms with E-state index < -0.39 is 5.60 Å². The summed E-state index contributed by atoms with van der Waals surface area (Å²) in [6, 6.07) is 10.7. The van der Waals surface area contributed by atoms with Crippen molar-refractivity contribution in [2.45, 2.75) is 58.1 Å². The highest BCUT2D eigenvalue weighted by molar-refractivity contribution is 5.68. The average molecular weight is 318 g/mol. The van der Waals surface area contributed by atoms with Crippen molar-refractivity contribution >= 4 is 6.09 Å². The van der Waals surface area contributed by atoms with Crippen LogP contribution in [0.3, 0.4) is 0 Å². The molecule has 23 heavy (non-hydrogen) atoms. The van der Waals surface area contributed by atoms with Gasteiger partial charge < -0.3 is 15.0 Å². The summed E-state index contributed by atoms with van der Waals surface area (Å²) in [5, 5.41) is 3.50. The monoisotopic (exact) mass is 318 g/mol. The number of hydrogen-bond acceptors (Lipinski definition) is 3. The lowest BCUT2D eigenvalue weighted by Gasteiger charge is -2.37. The van der Waals surface area contributed by atoms with E-state index in [1.54, 1.807) is 0 Å². The number of nitrogens with zero attached hydrogens (tertiary/aromatic N) is 1. The van der Waals surface area contributed by atoms with Crippen molar-refractivity contribution in [1.29, 1.82) is 0 Å². The summed E-state index contributed by atoms with van der Waals surface area (Å²) >= 11 is 0. The molecule has 1 saturated heterocycles. The lowest BCUT2D eigenvalue weighted by atomic mass is 10.0. The maximum absolute atomic E-state index is 12.4. The number of amides is 1. The van der Waals surface area contributed by atoms with Crippen molar-refractivity contribution in [2.75, 3.05) is 19.6 Å². The summed E-state index contributed by atoms with van der Waals surface area (Å²) in [6.07, 6.45) is 4.15. The first kappa shape index (κ1) is 17.8. The van der Waals surface area contributed by atoms with Gasteiger partial charge in [-0.3, -0.25) is 0 Å². The molecule has 1 unspecified atom stereocenters. The highest BCUT2D eigenvalue weighted by atomic mass is 16.6. The molecular formula is C19H30N2O2. The zero-order valence-electron chi connectivity index (χ0n) is 14.7. The van der Waals surface area contributed by atoms with E-state index in [-0.39, 0.29) is 12.1 Å². The summed E-state index contributed by atoms with van der Waals surface area (Å²) in [5.74, 6) is 0. The van der Waals surface area contributed by atoms with Crippen LogP contribution in [0.4, 0.5) is 4.79 Å². The van der Waals surface area contributed by atoms with E-state index in [0.29, 0.717) is 0 Å². The van der Waals surface area contributed by atoms with Crippen LogP contribution in [0.2, 0.25) is 0 Å². The van der Waals surface area contributed by atoms with Crippen LogP contribution in [0.1, 0.15) is 45.6 Å². The number of carbonyl (C=O) groups is 1.